The van der Waals surface area contributed by atoms with E-state index in [0.29, 0.717) is 19.2 Å². The molecule has 0 aromatic rings. The SMILES string of the molecule is CC1CCCC(NCC(O)COC(C)(C)C)C1. The highest BCUT2D eigenvalue weighted by Gasteiger charge is 2.19. The average molecular weight is 243 g/mol. The summed E-state index contributed by atoms with van der Waals surface area (Å²) in [4.78, 5) is 0. The molecule has 2 N–H and O–H groups in total. The summed E-state index contributed by atoms with van der Waals surface area (Å²) in [5, 5.41) is 13.3. The van der Waals surface area contributed by atoms with E-state index in [-0.39, 0.29) is 5.60 Å². The molecule has 0 heterocycles. The molecule has 1 fully saturated rings. The van der Waals surface area contributed by atoms with Crippen molar-refractivity contribution in [2.45, 2.75) is 71.1 Å². The number of aliphatic hydroxyl groups excluding tert-OH is 1. The van der Waals surface area contributed by atoms with Crippen LogP contribution in [0.3, 0.4) is 0 Å². The fourth-order valence-electron chi connectivity index (χ4n) is 2.33. The molecule has 17 heavy (non-hydrogen) atoms. The van der Waals surface area contributed by atoms with Crippen molar-refractivity contribution < 1.29 is 9.84 Å². The fraction of sp³-hybridized carbons (Fsp3) is 1.00. The van der Waals surface area contributed by atoms with Crippen LogP contribution in [-0.4, -0.2) is 36.0 Å². The summed E-state index contributed by atoms with van der Waals surface area (Å²) in [5.74, 6) is 0.823. The lowest BCUT2D eigenvalue weighted by molar-refractivity contribution is -0.0486. The maximum atomic E-state index is 9.82. The van der Waals surface area contributed by atoms with Crippen molar-refractivity contribution in [3.05, 3.63) is 0 Å². The largest absolute Gasteiger partial charge is 0.389 e. The summed E-state index contributed by atoms with van der Waals surface area (Å²) in [6.45, 7) is 9.40. The number of hydrogen-bond donors (Lipinski definition) is 2. The predicted octanol–water partition coefficient (Wildman–Crippen LogP) is 2.33. The summed E-state index contributed by atoms with van der Waals surface area (Å²) in [7, 11) is 0. The second kappa shape index (κ2) is 6.72. The van der Waals surface area contributed by atoms with Gasteiger partial charge in [-0.1, -0.05) is 19.8 Å². The molecule has 1 aliphatic carbocycles. The molecule has 1 saturated carbocycles. The first-order chi connectivity index (χ1) is 7.87. The molecular weight excluding hydrogens is 214 g/mol. The third kappa shape index (κ3) is 7.02. The molecule has 0 aromatic heterocycles. The molecule has 0 bridgehead atoms. The first-order valence-corrected chi connectivity index (χ1v) is 6.92. The molecule has 0 aliphatic heterocycles. The number of ether oxygens (including phenoxy) is 1. The van der Waals surface area contributed by atoms with Gasteiger partial charge in [0.1, 0.15) is 0 Å². The molecule has 0 aromatic carbocycles. The average Bonchev–Trinajstić information content (AvgIpc) is 2.23. The Labute approximate surface area is 106 Å². The third-order valence-corrected chi connectivity index (χ3v) is 3.29. The molecule has 1 rings (SSSR count). The third-order valence-electron chi connectivity index (χ3n) is 3.29. The Kier molecular flexibility index (Phi) is 5.90. The number of nitrogens with one attached hydrogen (secondary N) is 1. The minimum absolute atomic E-state index is 0.166. The van der Waals surface area contributed by atoms with Crippen molar-refractivity contribution in [3.63, 3.8) is 0 Å². The van der Waals surface area contributed by atoms with Crippen molar-refractivity contribution >= 4 is 0 Å². The number of rotatable bonds is 5. The summed E-state index contributed by atoms with van der Waals surface area (Å²) in [6, 6.07) is 0.586. The van der Waals surface area contributed by atoms with E-state index in [2.05, 4.69) is 12.2 Å². The van der Waals surface area contributed by atoms with Gasteiger partial charge in [-0.3, -0.25) is 0 Å². The van der Waals surface area contributed by atoms with Crippen LogP contribution in [0.2, 0.25) is 0 Å². The highest BCUT2D eigenvalue weighted by molar-refractivity contribution is 4.77. The van der Waals surface area contributed by atoms with Gasteiger partial charge in [-0.15, -0.1) is 0 Å². The zero-order chi connectivity index (χ0) is 12.9. The van der Waals surface area contributed by atoms with E-state index in [4.69, 9.17) is 4.74 Å². The van der Waals surface area contributed by atoms with E-state index in [1.807, 2.05) is 20.8 Å². The van der Waals surface area contributed by atoms with Crippen LogP contribution in [0.25, 0.3) is 0 Å². The standard InChI is InChI=1S/C14H29NO2/c1-11-6-5-7-12(8-11)15-9-13(16)10-17-14(2,3)4/h11-13,15-16H,5-10H2,1-4H3. The topological polar surface area (TPSA) is 41.5 Å². The Morgan fingerprint density at radius 2 is 2.06 bits per heavy atom. The van der Waals surface area contributed by atoms with Crippen LogP contribution in [0.5, 0.6) is 0 Å². The van der Waals surface area contributed by atoms with Gasteiger partial charge in [-0.2, -0.15) is 0 Å². The summed E-state index contributed by atoms with van der Waals surface area (Å²) >= 11 is 0. The molecule has 102 valence electrons. The van der Waals surface area contributed by atoms with Gasteiger partial charge < -0.3 is 15.2 Å². The second-order valence-electron chi connectivity index (χ2n) is 6.45. The Morgan fingerprint density at radius 1 is 1.35 bits per heavy atom. The highest BCUT2D eigenvalue weighted by atomic mass is 16.5. The lowest BCUT2D eigenvalue weighted by Gasteiger charge is -2.29. The zero-order valence-electron chi connectivity index (χ0n) is 11.8. The summed E-state index contributed by atoms with van der Waals surface area (Å²) in [6.07, 6.45) is 4.76. The van der Waals surface area contributed by atoms with Gasteiger partial charge in [0.25, 0.3) is 0 Å². The first kappa shape index (κ1) is 14.9. The van der Waals surface area contributed by atoms with Crippen LogP contribution in [-0.2, 0) is 4.74 Å². The second-order valence-corrected chi connectivity index (χ2v) is 6.45. The predicted molar refractivity (Wildman–Crippen MR) is 71.1 cm³/mol. The van der Waals surface area contributed by atoms with Crippen molar-refractivity contribution in [1.29, 1.82) is 0 Å². The maximum Gasteiger partial charge on any atom is 0.0898 e. The Balaban J connectivity index is 2.12. The summed E-state index contributed by atoms with van der Waals surface area (Å²) in [5.41, 5.74) is -0.166. The van der Waals surface area contributed by atoms with Crippen molar-refractivity contribution in [2.24, 2.45) is 5.92 Å². The van der Waals surface area contributed by atoms with Crippen LogP contribution < -0.4 is 5.32 Å². The number of aliphatic hydroxyl groups is 1. The van der Waals surface area contributed by atoms with Gasteiger partial charge >= 0.3 is 0 Å². The monoisotopic (exact) mass is 243 g/mol. The summed E-state index contributed by atoms with van der Waals surface area (Å²) < 4.78 is 5.56. The van der Waals surface area contributed by atoms with Crippen LogP contribution >= 0.6 is 0 Å². The van der Waals surface area contributed by atoms with Gasteiger partial charge in [0.05, 0.1) is 18.3 Å². The smallest absolute Gasteiger partial charge is 0.0898 e. The molecule has 0 radical (unpaired) electrons. The van der Waals surface area contributed by atoms with Gasteiger partial charge in [0.2, 0.25) is 0 Å². The van der Waals surface area contributed by atoms with Crippen LogP contribution in [0.1, 0.15) is 53.4 Å². The first-order valence-electron chi connectivity index (χ1n) is 6.92. The highest BCUT2D eigenvalue weighted by Crippen LogP contribution is 2.23. The van der Waals surface area contributed by atoms with E-state index in [9.17, 15) is 5.11 Å². The molecule has 3 heteroatoms. The van der Waals surface area contributed by atoms with Crippen LogP contribution in [0.4, 0.5) is 0 Å². The molecule has 3 unspecified atom stereocenters. The van der Waals surface area contributed by atoms with Crippen molar-refractivity contribution in [3.8, 4) is 0 Å². The minimum Gasteiger partial charge on any atom is -0.389 e. The normalized spacial score (nSPS) is 28.1. The fourth-order valence-corrected chi connectivity index (χ4v) is 2.33. The molecule has 3 atom stereocenters. The minimum atomic E-state index is -0.397. The van der Waals surface area contributed by atoms with Gasteiger partial charge in [-0.05, 0) is 39.5 Å². The van der Waals surface area contributed by atoms with E-state index < -0.39 is 6.10 Å². The van der Waals surface area contributed by atoms with Gasteiger partial charge in [-0.25, -0.2) is 0 Å². The number of hydrogen-bond acceptors (Lipinski definition) is 3. The molecule has 0 amide bonds. The Morgan fingerprint density at radius 3 is 2.65 bits per heavy atom. The van der Waals surface area contributed by atoms with Crippen molar-refractivity contribution in [2.75, 3.05) is 13.2 Å². The Hall–Kier alpha value is -0.120. The molecule has 3 nitrogen and oxygen atoms in total. The molecule has 1 aliphatic rings. The lowest BCUT2D eigenvalue weighted by Crippen LogP contribution is -2.40. The quantitative estimate of drug-likeness (QED) is 0.778. The van der Waals surface area contributed by atoms with E-state index in [1.165, 1.54) is 25.7 Å². The van der Waals surface area contributed by atoms with Gasteiger partial charge in [0.15, 0.2) is 0 Å². The maximum absolute atomic E-state index is 9.82. The zero-order valence-corrected chi connectivity index (χ0v) is 11.8. The lowest BCUT2D eigenvalue weighted by atomic mass is 9.87. The van der Waals surface area contributed by atoms with Crippen molar-refractivity contribution in [1.82, 2.24) is 5.32 Å². The van der Waals surface area contributed by atoms with E-state index in [1.54, 1.807) is 0 Å². The molecule has 0 spiro atoms. The van der Waals surface area contributed by atoms with Crippen LogP contribution in [0, 0.1) is 5.92 Å². The molecular formula is C14H29NO2. The van der Waals surface area contributed by atoms with Crippen LogP contribution in [0.15, 0.2) is 0 Å². The van der Waals surface area contributed by atoms with Gasteiger partial charge in [0, 0.05) is 12.6 Å². The Bertz CT molecular complexity index is 213. The van der Waals surface area contributed by atoms with E-state index in [0.717, 1.165) is 5.92 Å². The molecule has 0 saturated heterocycles. The van der Waals surface area contributed by atoms with E-state index >= 15 is 0 Å².